The van der Waals surface area contributed by atoms with E-state index in [2.05, 4.69) is 22.9 Å². The number of fused-ring (bicyclic) bond motifs is 1. The minimum atomic E-state index is -0.291. The Morgan fingerprint density at radius 1 is 1.24 bits per heavy atom. The first-order valence-electron chi connectivity index (χ1n) is 6.55. The summed E-state index contributed by atoms with van der Waals surface area (Å²) in [5.41, 5.74) is 4.67. The minimum absolute atomic E-state index is 0.111. The summed E-state index contributed by atoms with van der Waals surface area (Å²) in [6.45, 7) is 0. The number of rotatable bonds is 4. The highest BCUT2D eigenvalue weighted by molar-refractivity contribution is 7.17. The molecule has 0 saturated carbocycles. The third-order valence-electron chi connectivity index (χ3n) is 3.52. The first-order chi connectivity index (χ1) is 10.2. The van der Waals surface area contributed by atoms with E-state index >= 15 is 0 Å². The van der Waals surface area contributed by atoms with Gasteiger partial charge < -0.3 is 0 Å². The molecule has 2 nitrogen and oxygen atoms in total. The molecule has 108 valence electrons. The molecule has 1 atom stereocenters. The topological polar surface area (TPSA) is 38.0 Å². The molecular formula is C16H14ClFN2S. The maximum absolute atomic E-state index is 13.4. The van der Waals surface area contributed by atoms with Crippen LogP contribution in [0.25, 0.3) is 10.1 Å². The van der Waals surface area contributed by atoms with Gasteiger partial charge in [-0.25, -0.2) is 4.39 Å². The van der Waals surface area contributed by atoms with Gasteiger partial charge in [0.25, 0.3) is 0 Å². The largest absolute Gasteiger partial charge is 0.271 e. The number of hydrogen-bond donors (Lipinski definition) is 2. The summed E-state index contributed by atoms with van der Waals surface area (Å²) in [6, 6.07) is 12.4. The third-order valence-corrected chi connectivity index (χ3v) is 4.87. The Morgan fingerprint density at radius 3 is 2.86 bits per heavy atom. The Balaban J connectivity index is 1.97. The van der Waals surface area contributed by atoms with Gasteiger partial charge in [0.05, 0.1) is 6.04 Å². The summed E-state index contributed by atoms with van der Waals surface area (Å²) < 4.78 is 14.6. The van der Waals surface area contributed by atoms with E-state index in [-0.39, 0.29) is 11.9 Å². The molecule has 1 aromatic heterocycles. The molecule has 1 unspecified atom stereocenters. The molecule has 5 heteroatoms. The molecule has 1 heterocycles. The van der Waals surface area contributed by atoms with Crippen LogP contribution in [-0.2, 0) is 6.42 Å². The van der Waals surface area contributed by atoms with Gasteiger partial charge in [-0.3, -0.25) is 11.3 Å². The fourth-order valence-corrected chi connectivity index (χ4v) is 3.66. The quantitative estimate of drug-likeness (QED) is 0.551. The molecular weight excluding hydrogens is 307 g/mol. The van der Waals surface area contributed by atoms with Crippen molar-refractivity contribution in [2.45, 2.75) is 12.5 Å². The van der Waals surface area contributed by atoms with Crippen LogP contribution in [0.15, 0.2) is 47.8 Å². The highest BCUT2D eigenvalue weighted by atomic mass is 35.5. The second kappa shape index (κ2) is 6.12. The lowest BCUT2D eigenvalue weighted by molar-refractivity contribution is 0.553. The minimum Gasteiger partial charge on any atom is -0.271 e. The summed E-state index contributed by atoms with van der Waals surface area (Å²) in [7, 11) is 0. The summed E-state index contributed by atoms with van der Waals surface area (Å²) in [5.74, 6) is 5.42. The van der Waals surface area contributed by atoms with Gasteiger partial charge in [0, 0.05) is 9.72 Å². The zero-order valence-electron chi connectivity index (χ0n) is 11.1. The van der Waals surface area contributed by atoms with Crippen LogP contribution >= 0.6 is 22.9 Å². The number of nitrogens with two attached hydrogens (primary N) is 1. The normalized spacial score (nSPS) is 12.7. The van der Waals surface area contributed by atoms with Crippen LogP contribution in [0.2, 0.25) is 5.02 Å². The number of benzene rings is 2. The molecule has 0 aliphatic rings. The molecule has 0 saturated heterocycles. The van der Waals surface area contributed by atoms with Crippen molar-refractivity contribution in [1.82, 2.24) is 5.43 Å². The van der Waals surface area contributed by atoms with E-state index in [0.29, 0.717) is 11.4 Å². The molecule has 21 heavy (non-hydrogen) atoms. The highest BCUT2D eigenvalue weighted by Gasteiger charge is 2.17. The zero-order chi connectivity index (χ0) is 14.8. The fraction of sp³-hybridized carbons (Fsp3) is 0.125. The van der Waals surface area contributed by atoms with Crippen LogP contribution in [0.5, 0.6) is 0 Å². The molecule has 3 N–H and O–H groups in total. The molecule has 0 amide bonds. The number of thiophene rings is 1. The summed E-state index contributed by atoms with van der Waals surface area (Å²) in [5, 5.41) is 3.80. The van der Waals surface area contributed by atoms with Crippen molar-refractivity contribution in [2.24, 2.45) is 5.84 Å². The molecule has 0 bridgehead atoms. The maximum atomic E-state index is 13.4. The van der Waals surface area contributed by atoms with E-state index in [0.717, 1.165) is 16.5 Å². The van der Waals surface area contributed by atoms with Crippen LogP contribution in [0.4, 0.5) is 4.39 Å². The van der Waals surface area contributed by atoms with Crippen molar-refractivity contribution >= 4 is 33.0 Å². The molecule has 3 aromatic rings. The number of nitrogens with one attached hydrogen (secondary N) is 1. The van der Waals surface area contributed by atoms with Crippen molar-refractivity contribution in [3.63, 3.8) is 0 Å². The van der Waals surface area contributed by atoms with Gasteiger partial charge in [-0.15, -0.1) is 11.3 Å². The molecule has 3 rings (SSSR count). The molecule has 0 fully saturated rings. The lowest BCUT2D eigenvalue weighted by Gasteiger charge is -2.16. The Hall–Kier alpha value is -1.46. The van der Waals surface area contributed by atoms with Crippen molar-refractivity contribution in [3.8, 4) is 0 Å². The van der Waals surface area contributed by atoms with Crippen LogP contribution < -0.4 is 11.3 Å². The highest BCUT2D eigenvalue weighted by Crippen LogP contribution is 2.32. The van der Waals surface area contributed by atoms with Gasteiger partial charge in [-0.2, -0.15) is 0 Å². The standard InChI is InChI=1S/C16H14ClFN2S/c17-14-6-5-11(18)7-10(14)8-15(20-19)13-9-21-16-4-2-1-3-12(13)16/h1-7,9,15,20H,8,19H2. The van der Waals surface area contributed by atoms with Crippen LogP contribution in [0.1, 0.15) is 17.2 Å². The lowest BCUT2D eigenvalue weighted by Crippen LogP contribution is -2.29. The predicted molar refractivity (Wildman–Crippen MR) is 87.0 cm³/mol. The molecule has 2 aromatic carbocycles. The van der Waals surface area contributed by atoms with Gasteiger partial charge in [-0.05, 0) is 52.6 Å². The van der Waals surface area contributed by atoms with E-state index in [1.54, 1.807) is 17.4 Å². The maximum Gasteiger partial charge on any atom is 0.123 e. The molecule has 0 spiro atoms. The summed E-state index contributed by atoms with van der Waals surface area (Å²) in [4.78, 5) is 0. The summed E-state index contributed by atoms with van der Waals surface area (Å²) >= 11 is 7.82. The van der Waals surface area contributed by atoms with Gasteiger partial charge in [-0.1, -0.05) is 29.8 Å². The Bertz CT molecular complexity index is 772. The van der Waals surface area contributed by atoms with Gasteiger partial charge in [0.2, 0.25) is 0 Å². The van der Waals surface area contributed by atoms with E-state index in [4.69, 9.17) is 17.4 Å². The second-order valence-corrected chi connectivity index (χ2v) is 6.16. The van der Waals surface area contributed by atoms with Crippen molar-refractivity contribution in [3.05, 3.63) is 69.8 Å². The van der Waals surface area contributed by atoms with Gasteiger partial charge in [0.15, 0.2) is 0 Å². The van der Waals surface area contributed by atoms with Crippen LogP contribution in [0, 0.1) is 5.82 Å². The van der Waals surface area contributed by atoms with Crippen LogP contribution in [0.3, 0.4) is 0 Å². The van der Waals surface area contributed by atoms with Crippen molar-refractivity contribution in [1.29, 1.82) is 0 Å². The fourth-order valence-electron chi connectivity index (χ4n) is 2.45. The number of halogens is 2. The van der Waals surface area contributed by atoms with E-state index in [9.17, 15) is 4.39 Å². The van der Waals surface area contributed by atoms with Gasteiger partial charge >= 0.3 is 0 Å². The van der Waals surface area contributed by atoms with E-state index in [1.165, 1.54) is 16.8 Å². The molecule has 0 aliphatic carbocycles. The van der Waals surface area contributed by atoms with Crippen LogP contribution in [-0.4, -0.2) is 0 Å². The van der Waals surface area contributed by atoms with Gasteiger partial charge in [0.1, 0.15) is 5.82 Å². The van der Waals surface area contributed by atoms with Crippen molar-refractivity contribution < 1.29 is 4.39 Å². The first-order valence-corrected chi connectivity index (χ1v) is 7.81. The Morgan fingerprint density at radius 2 is 2.05 bits per heavy atom. The predicted octanol–water partition coefficient (Wildman–Crippen LogP) is 4.44. The number of hydrazine groups is 1. The Labute approximate surface area is 131 Å². The smallest absolute Gasteiger partial charge is 0.123 e. The molecule has 0 aliphatic heterocycles. The zero-order valence-corrected chi connectivity index (χ0v) is 12.7. The molecule has 0 radical (unpaired) electrons. The first kappa shape index (κ1) is 14.5. The average molecular weight is 321 g/mol. The monoisotopic (exact) mass is 320 g/mol. The second-order valence-electron chi connectivity index (χ2n) is 4.85. The van der Waals surface area contributed by atoms with Crippen molar-refractivity contribution in [2.75, 3.05) is 0 Å². The SMILES string of the molecule is NNC(Cc1cc(F)ccc1Cl)c1csc2ccccc12. The summed E-state index contributed by atoms with van der Waals surface area (Å²) in [6.07, 6.45) is 0.536. The number of hydrogen-bond acceptors (Lipinski definition) is 3. The Kier molecular flexibility index (Phi) is 4.22. The lowest BCUT2D eigenvalue weighted by atomic mass is 9.99. The van der Waals surface area contributed by atoms with E-state index < -0.39 is 0 Å². The average Bonchev–Trinajstić information content (AvgIpc) is 2.92. The van der Waals surface area contributed by atoms with E-state index in [1.807, 2.05) is 12.1 Å². The third kappa shape index (κ3) is 2.94.